The van der Waals surface area contributed by atoms with E-state index in [2.05, 4.69) is 137 Å². The van der Waals surface area contributed by atoms with E-state index >= 15 is 0 Å². The van der Waals surface area contributed by atoms with Crippen LogP contribution in [0.25, 0.3) is 54.9 Å². The van der Waals surface area contributed by atoms with Crippen molar-refractivity contribution < 1.29 is 0 Å². The molecule has 0 aliphatic heterocycles. The van der Waals surface area contributed by atoms with Gasteiger partial charge in [-0.2, -0.15) is 0 Å². The van der Waals surface area contributed by atoms with E-state index in [1.54, 1.807) is 0 Å². The Morgan fingerprint density at radius 1 is 0.405 bits per heavy atom. The molecule has 0 spiro atoms. The van der Waals surface area contributed by atoms with Gasteiger partial charge in [-0.15, -0.1) is 0 Å². The lowest BCUT2D eigenvalue weighted by molar-refractivity contribution is 0.795. The minimum atomic E-state index is 1.16. The van der Waals surface area contributed by atoms with Gasteiger partial charge in [-0.25, -0.2) is 0 Å². The summed E-state index contributed by atoms with van der Waals surface area (Å²) in [6.45, 7) is 8.92. The highest BCUT2D eigenvalue weighted by Gasteiger charge is 2.13. The molecule has 0 aromatic heterocycles. The predicted molar refractivity (Wildman–Crippen MR) is 184 cm³/mol. The van der Waals surface area contributed by atoms with E-state index in [9.17, 15) is 0 Å². The Hall–Kier alpha value is -4.16. The molecule has 6 rings (SSSR count). The van der Waals surface area contributed by atoms with Crippen LogP contribution in [0.15, 0.2) is 109 Å². The molecule has 210 valence electrons. The van der Waals surface area contributed by atoms with Gasteiger partial charge >= 0.3 is 0 Å². The van der Waals surface area contributed by atoms with Crippen LogP contribution >= 0.6 is 0 Å². The first kappa shape index (κ1) is 28.0. The van der Waals surface area contributed by atoms with Crippen molar-refractivity contribution >= 4 is 21.5 Å². The van der Waals surface area contributed by atoms with Crippen LogP contribution in [-0.4, -0.2) is 0 Å². The number of hydrogen-bond donors (Lipinski definition) is 0. The molecule has 0 unspecified atom stereocenters. The van der Waals surface area contributed by atoms with Gasteiger partial charge in [-0.05, 0) is 124 Å². The van der Waals surface area contributed by atoms with Crippen molar-refractivity contribution in [1.29, 1.82) is 0 Å². The third kappa shape index (κ3) is 5.90. The minimum absolute atomic E-state index is 1.16. The van der Waals surface area contributed by atoms with Gasteiger partial charge in [0.05, 0.1) is 0 Å². The van der Waals surface area contributed by atoms with Crippen LogP contribution in [0.1, 0.15) is 61.8 Å². The molecule has 0 bridgehead atoms. The van der Waals surface area contributed by atoms with Gasteiger partial charge in [0, 0.05) is 0 Å². The number of aryl methyl sites for hydroxylation is 4. The Kier molecular flexibility index (Phi) is 8.24. The normalized spacial score (nSPS) is 11.4. The van der Waals surface area contributed by atoms with E-state index in [1.807, 2.05) is 0 Å². The Morgan fingerprint density at radius 3 is 1.26 bits per heavy atom. The highest BCUT2D eigenvalue weighted by Crippen LogP contribution is 2.40. The standard InChI is InChI=1S/C42H42/c1-5-7-9-31-11-15-33(16-12-31)35-19-21-40-37(26-35)28-38-27-36(34-17-13-32(14-18-34)10-8-6-2)20-22-41(38)42(40)39-24-29(3)23-30(4)25-39/h11-28H,5-10H2,1-4H3. The summed E-state index contributed by atoms with van der Waals surface area (Å²) in [5.41, 5.74) is 13.2. The molecule has 0 N–H and O–H groups in total. The molecule has 0 nitrogen and oxygen atoms in total. The monoisotopic (exact) mass is 546 g/mol. The van der Waals surface area contributed by atoms with Crippen molar-refractivity contribution in [2.45, 2.75) is 66.2 Å². The van der Waals surface area contributed by atoms with Crippen LogP contribution in [0.3, 0.4) is 0 Å². The molecule has 0 aliphatic rings. The number of fused-ring (bicyclic) bond motifs is 2. The van der Waals surface area contributed by atoms with Crippen molar-refractivity contribution in [2.24, 2.45) is 0 Å². The predicted octanol–water partition coefficient (Wildman–Crippen LogP) is 12.3. The average Bonchev–Trinajstić information content (AvgIpc) is 3.01. The van der Waals surface area contributed by atoms with E-state index in [0.29, 0.717) is 0 Å². The fourth-order valence-corrected chi connectivity index (χ4v) is 6.41. The highest BCUT2D eigenvalue weighted by atomic mass is 14.2. The first-order valence-electron chi connectivity index (χ1n) is 15.8. The minimum Gasteiger partial charge on any atom is -0.0654 e. The maximum absolute atomic E-state index is 2.40. The summed E-state index contributed by atoms with van der Waals surface area (Å²) < 4.78 is 0. The van der Waals surface area contributed by atoms with Crippen molar-refractivity contribution in [3.8, 4) is 33.4 Å². The van der Waals surface area contributed by atoms with Gasteiger partial charge in [0.25, 0.3) is 0 Å². The van der Waals surface area contributed by atoms with Gasteiger partial charge in [-0.3, -0.25) is 0 Å². The Morgan fingerprint density at radius 2 is 0.833 bits per heavy atom. The largest absolute Gasteiger partial charge is 0.0654 e. The Bertz CT molecular complexity index is 1710. The van der Waals surface area contributed by atoms with Gasteiger partial charge in [0.1, 0.15) is 0 Å². The molecule has 6 aromatic rings. The summed E-state index contributed by atoms with van der Waals surface area (Å²) in [4.78, 5) is 0. The highest BCUT2D eigenvalue weighted by molar-refractivity contribution is 6.14. The lowest BCUT2D eigenvalue weighted by Gasteiger charge is -2.16. The van der Waals surface area contributed by atoms with Crippen molar-refractivity contribution in [3.05, 3.63) is 131 Å². The molecule has 6 aromatic carbocycles. The third-order valence-corrected chi connectivity index (χ3v) is 8.68. The zero-order valence-electron chi connectivity index (χ0n) is 25.6. The number of rotatable bonds is 9. The maximum Gasteiger partial charge on any atom is -0.00266 e. The van der Waals surface area contributed by atoms with Crippen LogP contribution in [0.4, 0.5) is 0 Å². The molecule has 0 aliphatic carbocycles. The molecule has 0 saturated heterocycles. The summed E-state index contributed by atoms with van der Waals surface area (Å²) in [5, 5.41) is 5.19. The molecule has 0 fully saturated rings. The number of benzene rings is 6. The number of hydrogen-bond acceptors (Lipinski definition) is 0. The van der Waals surface area contributed by atoms with Crippen molar-refractivity contribution in [3.63, 3.8) is 0 Å². The smallest absolute Gasteiger partial charge is 0.00266 e. The molecule has 42 heavy (non-hydrogen) atoms. The van der Waals surface area contributed by atoms with Crippen LogP contribution < -0.4 is 0 Å². The second-order valence-corrected chi connectivity index (χ2v) is 12.1. The van der Waals surface area contributed by atoms with Crippen LogP contribution in [0.5, 0.6) is 0 Å². The summed E-state index contributed by atoms with van der Waals surface area (Å²) in [6, 6.07) is 41.8. The summed E-state index contributed by atoms with van der Waals surface area (Å²) >= 11 is 0. The lowest BCUT2D eigenvalue weighted by Crippen LogP contribution is -1.90. The van der Waals surface area contributed by atoms with E-state index in [1.165, 1.54) is 103 Å². The zero-order chi connectivity index (χ0) is 29.1. The average molecular weight is 547 g/mol. The van der Waals surface area contributed by atoms with E-state index < -0.39 is 0 Å². The molecule has 0 atom stereocenters. The third-order valence-electron chi connectivity index (χ3n) is 8.68. The fraction of sp³-hybridized carbons (Fsp3) is 0.238. The number of unbranched alkanes of at least 4 members (excludes halogenated alkanes) is 2. The first-order chi connectivity index (χ1) is 20.5. The van der Waals surface area contributed by atoms with Gasteiger partial charge in [0.2, 0.25) is 0 Å². The van der Waals surface area contributed by atoms with Gasteiger partial charge in [0.15, 0.2) is 0 Å². The summed E-state index contributed by atoms with van der Waals surface area (Å²) in [7, 11) is 0. The van der Waals surface area contributed by atoms with Crippen LogP contribution in [0, 0.1) is 13.8 Å². The first-order valence-corrected chi connectivity index (χ1v) is 15.8. The van der Waals surface area contributed by atoms with E-state index in [-0.39, 0.29) is 0 Å². The Labute approximate surface area is 252 Å². The molecule has 0 heteroatoms. The topological polar surface area (TPSA) is 0 Å². The second kappa shape index (κ2) is 12.4. The molecule has 0 heterocycles. The maximum atomic E-state index is 2.40. The lowest BCUT2D eigenvalue weighted by atomic mass is 9.88. The molecule has 0 radical (unpaired) electrons. The SMILES string of the molecule is CCCCc1ccc(-c2ccc3c(-c4cc(C)cc(C)c4)c4ccc(-c5ccc(CCCC)cc5)cc4cc3c2)cc1. The van der Waals surface area contributed by atoms with Crippen molar-refractivity contribution in [2.75, 3.05) is 0 Å². The molecule has 0 saturated carbocycles. The molecule has 0 amide bonds. The summed E-state index contributed by atoms with van der Waals surface area (Å²) in [5.74, 6) is 0. The molecular formula is C42H42. The fourth-order valence-electron chi connectivity index (χ4n) is 6.41. The zero-order valence-corrected chi connectivity index (χ0v) is 25.6. The second-order valence-electron chi connectivity index (χ2n) is 12.1. The van der Waals surface area contributed by atoms with Gasteiger partial charge < -0.3 is 0 Å². The van der Waals surface area contributed by atoms with Crippen LogP contribution in [0.2, 0.25) is 0 Å². The Balaban J connectivity index is 1.49. The van der Waals surface area contributed by atoms with Gasteiger partial charge in [-0.1, -0.05) is 129 Å². The molecular weight excluding hydrogens is 504 g/mol. The van der Waals surface area contributed by atoms with E-state index in [0.717, 1.165) is 12.8 Å². The van der Waals surface area contributed by atoms with E-state index in [4.69, 9.17) is 0 Å². The summed E-state index contributed by atoms with van der Waals surface area (Å²) in [6.07, 6.45) is 7.26. The van der Waals surface area contributed by atoms with Crippen molar-refractivity contribution in [1.82, 2.24) is 0 Å². The quantitative estimate of drug-likeness (QED) is 0.158. The van der Waals surface area contributed by atoms with Crippen LogP contribution in [-0.2, 0) is 12.8 Å².